The molecule has 1 rings (SSSR count). The van der Waals surface area contributed by atoms with E-state index in [0.29, 0.717) is 12.3 Å². The van der Waals surface area contributed by atoms with Gasteiger partial charge in [-0.1, -0.05) is 35.9 Å². The fourth-order valence-electron chi connectivity index (χ4n) is 1.33. The van der Waals surface area contributed by atoms with Crippen LogP contribution in [0, 0.1) is 5.92 Å². The Bertz CT molecular complexity index is 221. The molecule has 0 spiro atoms. The monoisotopic (exact) mass is 246 g/mol. The molecule has 3 heteroatoms. The smallest absolute Gasteiger partial charge is 0.306 e. The van der Waals surface area contributed by atoms with Crippen molar-refractivity contribution in [3.05, 3.63) is 10.6 Å². The molecule has 1 fully saturated rings. The molecule has 0 amide bonds. The summed E-state index contributed by atoms with van der Waals surface area (Å²) in [5.74, 6) is 0.403. The largest absolute Gasteiger partial charge is 0.457 e. The predicted octanol–water partition coefficient (Wildman–Crippen LogP) is 3.02. The van der Waals surface area contributed by atoms with Crippen LogP contribution in [0.15, 0.2) is 10.6 Å². The van der Waals surface area contributed by atoms with Crippen molar-refractivity contribution in [2.24, 2.45) is 5.92 Å². The summed E-state index contributed by atoms with van der Waals surface area (Å²) in [6, 6.07) is 0. The van der Waals surface area contributed by atoms with Crippen molar-refractivity contribution in [1.82, 2.24) is 0 Å². The minimum absolute atomic E-state index is 0.0383. The third-order valence-electron chi connectivity index (χ3n) is 1.92. The number of carbonyl (C=O) groups is 1. The number of ether oxygens (including phenoxy) is 1. The summed E-state index contributed by atoms with van der Waals surface area (Å²) < 4.78 is 6.20. The highest BCUT2D eigenvalue weighted by Crippen LogP contribution is 2.25. The minimum Gasteiger partial charge on any atom is -0.457 e. The number of cyclic esters (lactones) is 1. The fraction of sp³-hybridized carbons (Fsp3) is 0.700. The maximum Gasteiger partial charge on any atom is 0.306 e. The Kier molecular flexibility index (Phi) is 3.97. The average molecular weight is 247 g/mol. The van der Waals surface area contributed by atoms with Gasteiger partial charge in [-0.3, -0.25) is 4.79 Å². The highest BCUT2D eigenvalue weighted by Gasteiger charge is 2.22. The van der Waals surface area contributed by atoms with Crippen molar-refractivity contribution in [3.63, 3.8) is 0 Å². The van der Waals surface area contributed by atoms with Crippen molar-refractivity contribution in [1.29, 1.82) is 0 Å². The molecule has 0 aromatic heterocycles. The van der Waals surface area contributed by atoms with Crippen molar-refractivity contribution >= 4 is 21.9 Å². The maximum atomic E-state index is 11.0. The van der Waals surface area contributed by atoms with Crippen molar-refractivity contribution in [3.8, 4) is 0 Å². The lowest BCUT2D eigenvalue weighted by Crippen LogP contribution is -2.23. The van der Waals surface area contributed by atoms with E-state index in [-0.39, 0.29) is 12.1 Å². The Hall–Kier alpha value is -0.310. The third-order valence-corrected chi connectivity index (χ3v) is 2.70. The molecule has 0 N–H and O–H groups in total. The van der Waals surface area contributed by atoms with Crippen molar-refractivity contribution in [2.75, 3.05) is 0 Å². The second kappa shape index (κ2) is 4.80. The summed E-state index contributed by atoms with van der Waals surface area (Å²) in [6.45, 7) is 4.21. The predicted molar refractivity (Wildman–Crippen MR) is 55.6 cm³/mol. The molecule has 0 saturated carbocycles. The minimum atomic E-state index is -0.0784. The molecule has 1 aliphatic heterocycles. The molecule has 2 nitrogen and oxygen atoms in total. The first-order chi connectivity index (χ1) is 6.09. The Balaban J connectivity index is 2.55. The summed E-state index contributed by atoms with van der Waals surface area (Å²) in [5.41, 5.74) is 0. The number of hydrogen-bond donors (Lipinski definition) is 0. The molecule has 0 aromatic rings. The summed E-state index contributed by atoms with van der Waals surface area (Å²) >= 11 is 3.45. The zero-order valence-corrected chi connectivity index (χ0v) is 9.63. The van der Waals surface area contributed by atoms with Crippen LogP contribution in [-0.4, -0.2) is 12.1 Å². The molecule has 74 valence electrons. The van der Waals surface area contributed by atoms with Crippen LogP contribution < -0.4 is 0 Å². The fourth-order valence-corrected chi connectivity index (χ4v) is 2.18. The Morgan fingerprint density at radius 3 is 2.92 bits per heavy atom. The van der Waals surface area contributed by atoms with Gasteiger partial charge in [0, 0.05) is 10.9 Å². The van der Waals surface area contributed by atoms with E-state index < -0.39 is 0 Å². The number of carbonyl (C=O) groups excluding carboxylic acids is 1. The molecule has 1 saturated heterocycles. The molecular weight excluding hydrogens is 232 g/mol. The number of esters is 1. The Morgan fingerprint density at radius 1 is 1.69 bits per heavy atom. The van der Waals surface area contributed by atoms with Crippen LogP contribution in [-0.2, 0) is 9.53 Å². The van der Waals surface area contributed by atoms with Gasteiger partial charge in [-0.05, 0) is 18.8 Å². The van der Waals surface area contributed by atoms with E-state index in [2.05, 4.69) is 35.9 Å². The van der Waals surface area contributed by atoms with E-state index in [4.69, 9.17) is 4.74 Å². The number of hydrogen-bond acceptors (Lipinski definition) is 2. The second-order valence-corrected chi connectivity index (χ2v) is 4.58. The van der Waals surface area contributed by atoms with E-state index in [1.54, 1.807) is 0 Å². The lowest BCUT2D eigenvalue weighted by molar-refractivity contribution is -0.150. The third kappa shape index (κ3) is 3.51. The van der Waals surface area contributed by atoms with E-state index >= 15 is 0 Å². The van der Waals surface area contributed by atoms with Crippen molar-refractivity contribution in [2.45, 2.75) is 39.2 Å². The lowest BCUT2D eigenvalue weighted by Gasteiger charge is -2.22. The van der Waals surface area contributed by atoms with E-state index in [9.17, 15) is 4.79 Å². The van der Waals surface area contributed by atoms with Gasteiger partial charge in [-0.25, -0.2) is 0 Å². The lowest BCUT2D eigenvalue weighted by atomic mass is 10.1. The number of halogens is 1. The molecule has 1 heterocycles. The molecule has 13 heavy (non-hydrogen) atoms. The molecule has 1 aliphatic rings. The molecule has 1 atom stereocenters. The van der Waals surface area contributed by atoms with E-state index in [1.165, 1.54) is 0 Å². The molecule has 1 unspecified atom stereocenters. The van der Waals surface area contributed by atoms with Gasteiger partial charge in [0.2, 0.25) is 0 Å². The summed E-state index contributed by atoms with van der Waals surface area (Å²) in [6.07, 6.45) is 4.49. The first kappa shape index (κ1) is 10.8. The summed E-state index contributed by atoms with van der Waals surface area (Å²) in [7, 11) is 0. The highest BCUT2D eigenvalue weighted by atomic mass is 79.9. The van der Waals surface area contributed by atoms with E-state index in [1.807, 2.05) is 0 Å². The zero-order valence-electron chi connectivity index (χ0n) is 8.05. The Morgan fingerprint density at radius 2 is 2.38 bits per heavy atom. The van der Waals surface area contributed by atoms with Gasteiger partial charge < -0.3 is 4.74 Å². The molecule has 0 aliphatic carbocycles. The van der Waals surface area contributed by atoms with Gasteiger partial charge in [0.15, 0.2) is 0 Å². The van der Waals surface area contributed by atoms with Gasteiger partial charge in [0.1, 0.15) is 6.10 Å². The zero-order chi connectivity index (χ0) is 9.84. The van der Waals surface area contributed by atoms with Gasteiger partial charge in [-0.15, -0.1) is 0 Å². The maximum absolute atomic E-state index is 11.0. The SMILES string of the molecule is CC(C)/C=C(\Br)C1CCCC(=O)O1. The highest BCUT2D eigenvalue weighted by molar-refractivity contribution is 9.11. The van der Waals surface area contributed by atoms with Crippen LogP contribution in [0.3, 0.4) is 0 Å². The standard InChI is InChI=1S/C10H15BrO2/c1-7(2)6-8(11)9-4-3-5-10(12)13-9/h6-7,9H,3-5H2,1-2H3/b8-6-. The second-order valence-electron chi connectivity index (χ2n) is 3.67. The van der Waals surface area contributed by atoms with Gasteiger partial charge >= 0.3 is 5.97 Å². The molecule has 0 aromatic carbocycles. The van der Waals surface area contributed by atoms with Crippen LogP contribution >= 0.6 is 15.9 Å². The van der Waals surface area contributed by atoms with E-state index in [0.717, 1.165) is 17.3 Å². The van der Waals surface area contributed by atoms with Gasteiger partial charge in [-0.2, -0.15) is 0 Å². The molecule has 0 bridgehead atoms. The van der Waals surface area contributed by atoms with Gasteiger partial charge in [0.05, 0.1) is 0 Å². The first-order valence-corrected chi connectivity index (χ1v) is 5.45. The summed E-state index contributed by atoms with van der Waals surface area (Å²) in [5, 5.41) is 0. The quantitative estimate of drug-likeness (QED) is 0.701. The topological polar surface area (TPSA) is 26.3 Å². The summed E-state index contributed by atoms with van der Waals surface area (Å²) in [4.78, 5) is 11.0. The van der Waals surface area contributed by atoms with Crippen LogP contribution in [0.4, 0.5) is 0 Å². The molecular formula is C10H15BrO2. The first-order valence-electron chi connectivity index (χ1n) is 4.66. The van der Waals surface area contributed by atoms with Crippen molar-refractivity contribution < 1.29 is 9.53 Å². The van der Waals surface area contributed by atoms with Gasteiger partial charge in [0.25, 0.3) is 0 Å². The number of allylic oxidation sites excluding steroid dienone is 1. The van der Waals surface area contributed by atoms with Crippen LogP contribution in [0.1, 0.15) is 33.1 Å². The van der Waals surface area contributed by atoms with Crippen LogP contribution in [0.2, 0.25) is 0 Å². The van der Waals surface area contributed by atoms with Crippen LogP contribution in [0.5, 0.6) is 0 Å². The average Bonchev–Trinajstić information content (AvgIpc) is 2.03. The number of rotatable bonds is 2. The Labute approximate surface area is 87.5 Å². The normalized spacial score (nSPS) is 24.8. The molecule has 0 radical (unpaired) electrons. The van der Waals surface area contributed by atoms with Crippen LogP contribution in [0.25, 0.3) is 0 Å².